The standard InChI is InChI=1S/C26H22ClF3N6O3S/c27-14-3-1-13(2-4-14)11-36-23(37)18-9-19(33-15-5-6-35-16(7-15)12-39-25(35)38)17(8-20(18)34-24(36)31)22-32-10-21(40-22)26(28,29)30/h1-4,8-10,15-16,33H,5-7,11-12H2,(H2,31,34)/t15-,16-/m0/s1. The monoisotopic (exact) mass is 590 g/mol. The molecule has 2 saturated heterocycles. The first kappa shape index (κ1) is 26.4. The van der Waals surface area contributed by atoms with Gasteiger partial charge in [0.05, 0.1) is 29.7 Å². The van der Waals surface area contributed by atoms with Crippen LogP contribution in [0.5, 0.6) is 0 Å². The highest BCUT2D eigenvalue weighted by atomic mass is 35.5. The molecule has 9 nitrogen and oxygen atoms in total. The van der Waals surface area contributed by atoms with Crippen molar-refractivity contribution in [1.82, 2.24) is 19.4 Å². The molecule has 0 saturated carbocycles. The van der Waals surface area contributed by atoms with Crippen molar-refractivity contribution in [2.24, 2.45) is 0 Å². The molecule has 6 rings (SSSR count). The van der Waals surface area contributed by atoms with Crippen LogP contribution in [0.2, 0.25) is 5.02 Å². The topological polar surface area (TPSA) is 115 Å². The first-order chi connectivity index (χ1) is 19.1. The molecule has 2 aromatic carbocycles. The van der Waals surface area contributed by atoms with Crippen LogP contribution in [0.25, 0.3) is 21.5 Å². The van der Waals surface area contributed by atoms with Gasteiger partial charge in [-0.2, -0.15) is 13.2 Å². The summed E-state index contributed by atoms with van der Waals surface area (Å²) >= 11 is 6.48. The molecule has 2 aliphatic heterocycles. The number of ether oxygens (including phenoxy) is 1. The number of fused-ring (bicyclic) bond motifs is 2. The molecule has 4 aromatic rings. The van der Waals surface area contributed by atoms with Crippen molar-refractivity contribution in [3.05, 3.63) is 68.4 Å². The van der Waals surface area contributed by atoms with Gasteiger partial charge in [-0.15, -0.1) is 11.3 Å². The SMILES string of the molecule is Nc1nc2cc(-c3ncc(C(F)(F)F)s3)c(N[C@H]3CCN4C(=O)OC[C@@H]4C3)cc2c(=O)n1Cc1ccc(Cl)cc1. The van der Waals surface area contributed by atoms with E-state index in [2.05, 4.69) is 15.3 Å². The molecule has 0 bridgehead atoms. The largest absolute Gasteiger partial charge is 0.447 e. The Kier molecular flexibility index (Phi) is 6.57. The van der Waals surface area contributed by atoms with E-state index in [1.54, 1.807) is 41.3 Å². The van der Waals surface area contributed by atoms with E-state index in [0.29, 0.717) is 47.0 Å². The van der Waals surface area contributed by atoms with Gasteiger partial charge in [0.2, 0.25) is 5.95 Å². The maximum absolute atomic E-state index is 13.6. The lowest BCUT2D eigenvalue weighted by atomic mass is 9.97. The minimum atomic E-state index is -4.54. The summed E-state index contributed by atoms with van der Waals surface area (Å²) in [5.41, 5.74) is 7.62. The van der Waals surface area contributed by atoms with Crippen LogP contribution in [-0.2, 0) is 17.5 Å². The van der Waals surface area contributed by atoms with E-state index in [4.69, 9.17) is 22.1 Å². The van der Waals surface area contributed by atoms with Gasteiger partial charge >= 0.3 is 12.3 Å². The molecular formula is C26H22ClF3N6O3S. The van der Waals surface area contributed by atoms with E-state index in [9.17, 15) is 22.8 Å². The smallest absolute Gasteiger partial charge is 0.427 e. The zero-order valence-corrected chi connectivity index (χ0v) is 22.3. The highest BCUT2D eigenvalue weighted by Crippen LogP contribution is 2.40. The molecule has 3 N–H and O–H groups in total. The molecule has 0 aliphatic carbocycles. The lowest BCUT2D eigenvalue weighted by Gasteiger charge is -2.33. The van der Waals surface area contributed by atoms with Crippen molar-refractivity contribution in [2.75, 3.05) is 24.2 Å². The maximum Gasteiger partial charge on any atom is 0.427 e. The third kappa shape index (κ3) is 4.94. The highest BCUT2D eigenvalue weighted by molar-refractivity contribution is 7.15. The van der Waals surface area contributed by atoms with E-state index in [0.717, 1.165) is 11.8 Å². The lowest BCUT2D eigenvalue weighted by molar-refractivity contribution is -0.134. The number of nitrogen functional groups attached to an aromatic ring is 1. The number of nitrogens with zero attached hydrogens (tertiary/aromatic N) is 4. The Morgan fingerprint density at radius 1 is 1.20 bits per heavy atom. The fourth-order valence-corrected chi connectivity index (χ4v) is 6.03. The second-order valence-corrected chi connectivity index (χ2v) is 11.2. The van der Waals surface area contributed by atoms with Crippen LogP contribution < -0.4 is 16.6 Å². The zero-order chi connectivity index (χ0) is 28.2. The van der Waals surface area contributed by atoms with Crippen LogP contribution >= 0.6 is 22.9 Å². The quantitative estimate of drug-likeness (QED) is 0.327. The molecule has 4 heterocycles. The number of nitrogens with two attached hydrogens (primary N) is 1. The average Bonchev–Trinajstić information content (AvgIpc) is 3.55. The molecular weight excluding hydrogens is 569 g/mol. The summed E-state index contributed by atoms with van der Waals surface area (Å²) in [5, 5.41) is 4.33. The number of benzene rings is 2. The Labute approximate surface area is 234 Å². The second-order valence-electron chi connectivity index (χ2n) is 9.72. The Hall–Kier alpha value is -3.84. The van der Waals surface area contributed by atoms with Gasteiger partial charge < -0.3 is 20.7 Å². The number of piperidine rings is 1. The Balaban J connectivity index is 1.42. The van der Waals surface area contributed by atoms with Crippen LogP contribution in [0.3, 0.4) is 0 Å². The summed E-state index contributed by atoms with van der Waals surface area (Å²) < 4.78 is 46.6. The van der Waals surface area contributed by atoms with Gasteiger partial charge in [0, 0.05) is 28.9 Å². The first-order valence-electron chi connectivity index (χ1n) is 12.4. The van der Waals surface area contributed by atoms with Crippen molar-refractivity contribution >= 4 is 51.6 Å². The number of hydrogen-bond acceptors (Lipinski definition) is 8. The van der Waals surface area contributed by atoms with E-state index in [1.807, 2.05) is 0 Å². The van der Waals surface area contributed by atoms with Crippen molar-refractivity contribution in [1.29, 1.82) is 0 Å². The highest BCUT2D eigenvalue weighted by Gasteiger charge is 2.38. The summed E-state index contributed by atoms with van der Waals surface area (Å²) in [5.74, 6) is -0.0347. The number of cyclic esters (lactones) is 1. The maximum atomic E-state index is 13.6. The Morgan fingerprint density at radius 3 is 2.70 bits per heavy atom. The molecule has 1 amide bonds. The summed E-state index contributed by atoms with van der Waals surface area (Å²) in [6.45, 7) is 0.915. The zero-order valence-electron chi connectivity index (χ0n) is 20.7. The number of carbonyl (C=O) groups excluding carboxylic acids is 1. The molecule has 0 radical (unpaired) electrons. The van der Waals surface area contributed by atoms with Crippen LogP contribution in [-0.4, -0.2) is 50.8 Å². The third-order valence-corrected chi connectivity index (χ3v) is 8.43. The van der Waals surface area contributed by atoms with E-state index in [1.165, 1.54) is 4.57 Å². The number of alkyl halides is 3. The normalized spacial score (nSPS) is 19.1. The van der Waals surface area contributed by atoms with Gasteiger partial charge in [-0.1, -0.05) is 23.7 Å². The molecule has 0 spiro atoms. The average molecular weight is 591 g/mol. The minimum absolute atomic E-state index is 0.0347. The van der Waals surface area contributed by atoms with Crippen molar-refractivity contribution in [3.63, 3.8) is 0 Å². The van der Waals surface area contributed by atoms with Crippen molar-refractivity contribution in [2.45, 2.75) is 37.6 Å². The number of aromatic nitrogens is 3. The molecule has 2 aromatic heterocycles. The second kappa shape index (κ2) is 9.97. The molecule has 0 unspecified atom stereocenters. The number of nitrogens with one attached hydrogen (secondary N) is 1. The van der Waals surface area contributed by atoms with Crippen LogP contribution in [0, 0.1) is 0 Å². The Morgan fingerprint density at radius 2 is 1.98 bits per heavy atom. The van der Waals surface area contributed by atoms with Crippen molar-refractivity contribution in [3.8, 4) is 10.6 Å². The fourth-order valence-electron chi connectivity index (χ4n) is 5.09. The molecule has 2 aliphatic rings. The van der Waals surface area contributed by atoms with Gasteiger partial charge in [0.15, 0.2) is 0 Å². The number of rotatable bonds is 5. The van der Waals surface area contributed by atoms with Crippen LogP contribution in [0.1, 0.15) is 23.3 Å². The minimum Gasteiger partial charge on any atom is -0.447 e. The van der Waals surface area contributed by atoms with Crippen molar-refractivity contribution < 1.29 is 22.7 Å². The number of thiazole rings is 1. The summed E-state index contributed by atoms with van der Waals surface area (Å²) in [7, 11) is 0. The molecule has 208 valence electrons. The van der Waals surface area contributed by atoms with Gasteiger partial charge in [0.25, 0.3) is 5.56 Å². The predicted octanol–water partition coefficient (Wildman–Crippen LogP) is 5.22. The predicted molar refractivity (Wildman–Crippen MR) is 146 cm³/mol. The number of amides is 1. The van der Waals surface area contributed by atoms with Crippen LogP contribution in [0.4, 0.5) is 29.6 Å². The summed E-state index contributed by atoms with van der Waals surface area (Å²) in [4.78, 5) is 34.8. The number of hydrogen-bond donors (Lipinski definition) is 2. The summed E-state index contributed by atoms with van der Waals surface area (Å²) in [6, 6.07) is 9.88. The molecule has 2 atom stereocenters. The summed E-state index contributed by atoms with van der Waals surface area (Å²) in [6.07, 6.45) is -2.92. The van der Waals surface area contributed by atoms with Crippen LogP contribution in [0.15, 0.2) is 47.4 Å². The molecule has 14 heteroatoms. The lowest BCUT2D eigenvalue weighted by Crippen LogP contribution is -2.45. The third-order valence-electron chi connectivity index (χ3n) is 7.10. The van der Waals surface area contributed by atoms with E-state index >= 15 is 0 Å². The van der Waals surface area contributed by atoms with E-state index < -0.39 is 16.6 Å². The van der Waals surface area contributed by atoms with Gasteiger partial charge in [-0.05, 0) is 42.7 Å². The number of carbonyl (C=O) groups is 1. The first-order valence-corrected chi connectivity index (χ1v) is 13.6. The number of anilines is 2. The van der Waals surface area contributed by atoms with Gasteiger partial charge in [-0.3, -0.25) is 9.36 Å². The van der Waals surface area contributed by atoms with E-state index in [-0.39, 0.29) is 53.2 Å². The molecule has 2 fully saturated rings. The number of halogens is 4. The Bertz CT molecular complexity index is 1670. The fraction of sp³-hybridized carbons (Fsp3) is 0.308. The van der Waals surface area contributed by atoms with Gasteiger partial charge in [0.1, 0.15) is 16.5 Å². The van der Waals surface area contributed by atoms with Gasteiger partial charge in [-0.25, -0.2) is 14.8 Å². The molecule has 40 heavy (non-hydrogen) atoms.